The SMILES string of the molecule is [2H]c1cc(-c2c([2H])c([2H])c(-c3c([2H])c([2H])c([2H])c([2H])c3[2H])c([2H])c2[2H])c2c(c1-c1nc(-c3c([2H])c([2H])c([2H])c([2H])c3[2H])nc(-c3c([2H])c([2H])c([2H])c([2H])c3[2H])n1)-c1c([2H])c([2H])c([2H])c3c([2H])c([2H])c([2H])c-2c13. The Morgan fingerprint density at radius 1 is 0.326 bits per heavy atom. The molecule has 0 radical (unpaired) electrons. The van der Waals surface area contributed by atoms with Crippen molar-refractivity contribution in [1.82, 2.24) is 15.0 Å². The Kier molecular flexibility index (Phi) is 2.57. The van der Waals surface area contributed by atoms with E-state index in [1.807, 2.05) is 0 Å². The summed E-state index contributed by atoms with van der Waals surface area (Å²) in [5, 5.41) is -0.722. The highest BCUT2D eigenvalue weighted by Crippen LogP contribution is 2.54. The highest BCUT2D eigenvalue weighted by molar-refractivity contribution is 6.20. The largest absolute Gasteiger partial charge is 0.208 e. The quantitative estimate of drug-likeness (QED) is 0.194. The molecule has 0 aliphatic heterocycles. The molecule has 0 saturated heterocycles. The van der Waals surface area contributed by atoms with Crippen LogP contribution in [0.1, 0.15) is 35.6 Å². The summed E-state index contributed by atoms with van der Waals surface area (Å²) in [6.07, 6.45) is 0. The van der Waals surface area contributed by atoms with E-state index in [1.54, 1.807) is 0 Å². The first-order chi connectivity index (χ1) is 33.6. The predicted molar refractivity (Wildman–Crippen MR) is 189 cm³/mol. The summed E-state index contributed by atoms with van der Waals surface area (Å²) in [5.74, 6) is -2.27. The van der Waals surface area contributed by atoms with Crippen LogP contribution in [0.2, 0.25) is 0 Å². The van der Waals surface area contributed by atoms with Crippen LogP contribution < -0.4 is 0 Å². The summed E-state index contributed by atoms with van der Waals surface area (Å²) in [6, 6.07) is -20.9. The monoisotopic (exact) mass is 611 g/mol. The molecule has 1 aromatic heterocycles. The molecule has 46 heavy (non-hydrogen) atoms. The predicted octanol–water partition coefficient (Wildman–Crippen LogP) is 11.0. The van der Waals surface area contributed by atoms with Gasteiger partial charge in [0.2, 0.25) is 0 Å². The lowest BCUT2D eigenvalue weighted by atomic mass is 9.89. The van der Waals surface area contributed by atoms with Gasteiger partial charge in [-0.3, -0.25) is 0 Å². The maximum Gasteiger partial charge on any atom is 0.164 e. The average Bonchev–Trinajstić information content (AvgIpc) is 3.69. The van der Waals surface area contributed by atoms with Crippen LogP contribution in [0.15, 0.2) is 163 Å². The number of benzene rings is 7. The number of nitrogens with zero attached hydrogens (tertiary/aromatic N) is 3. The van der Waals surface area contributed by atoms with Crippen molar-refractivity contribution in [3.63, 3.8) is 0 Å². The van der Waals surface area contributed by atoms with Crippen molar-refractivity contribution in [3.05, 3.63) is 163 Å². The molecule has 3 heteroatoms. The lowest BCUT2D eigenvalue weighted by molar-refractivity contribution is 1.07. The van der Waals surface area contributed by atoms with E-state index in [0.717, 1.165) is 6.07 Å². The first kappa shape index (κ1) is 11.0. The average molecular weight is 612 g/mol. The smallest absolute Gasteiger partial charge is 0.164 e. The van der Waals surface area contributed by atoms with Crippen LogP contribution in [0.4, 0.5) is 0 Å². The molecule has 1 aliphatic rings. The minimum atomic E-state index is -0.935. The third kappa shape index (κ3) is 4.33. The molecule has 7 aromatic carbocycles. The minimum absolute atomic E-state index is 0.285. The molecule has 0 N–H and O–H groups in total. The number of fused-ring (bicyclic) bond motifs is 3. The van der Waals surface area contributed by atoms with Gasteiger partial charge < -0.3 is 0 Å². The van der Waals surface area contributed by atoms with Gasteiger partial charge in [-0.1, -0.05) is 157 Å². The second-order valence-electron chi connectivity index (χ2n) is 9.63. The summed E-state index contributed by atoms with van der Waals surface area (Å²) in [5.41, 5.74) is -5.94. The molecule has 0 bridgehead atoms. The van der Waals surface area contributed by atoms with Gasteiger partial charge in [-0.15, -0.1) is 0 Å². The molecule has 9 rings (SSSR count). The van der Waals surface area contributed by atoms with E-state index < -0.39 is 230 Å². The van der Waals surface area contributed by atoms with Crippen LogP contribution in [0.3, 0.4) is 0 Å². The lowest BCUT2D eigenvalue weighted by Gasteiger charge is -2.16. The van der Waals surface area contributed by atoms with Gasteiger partial charge in [-0.25, -0.2) is 15.0 Å². The standard InChI is InChI=1S/C43H27N3/c1-4-12-28(13-5-1)29-22-24-30(25-23-29)34-26-27-37(40-36-21-11-19-31-18-10-20-35(38(31)36)39(34)40)43-45-41(32-14-6-2-7-15-32)44-42(46-43)33-16-8-3-9-17-33/h1-27H/i1D,2D,3D,4D,5D,6D,7D,8D,9D,10D,11D,12D,13D,14D,15D,16D,17D,18D,19D,20D,21D,22D,23D,24D,25D,27D. The van der Waals surface area contributed by atoms with Gasteiger partial charge in [0, 0.05) is 22.3 Å². The molecular weight excluding hydrogens is 558 g/mol. The Labute approximate surface area is 304 Å². The Morgan fingerprint density at radius 3 is 1.35 bits per heavy atom. The van der Waals surface area contributed by atoms with Crippen LogP contribution >= 0.6 is 0 Å². The summed E-state index contributed by atoms with van der Waals surface area (Å²) < 4.78 is 228. The maximum atomic E-state index is 9.72. The summed E-state index contributed by atoms with van der Waals surface area (Å²) in [4.78, 5) is 13.2. The first-order valence-electron chi connectivity index (χ1n) is 26.4. The molecule has 214 valence electrons. The molecule has 0 amide bonds. The van der Waals surface area contributed by atoms with Gasteiger partial charge in [0.25, 0.3) is 0 Å². The van der Waals surface area contributed by atoms with Crippen LogP contribution in [-0.2, 0) is 0 Å². The lowest BCUT2D eigenvalue weighted by Crippen LogP contribution is -2.01. The number of rotatable bonds is 5. The van der Waals surface area contributed by atoms with Crippen LogP contribution in [0.5, 0.6) is 0 Å². The van der Waals surface area contributed by atoms with Gasteiger partial charge >= 0.3 is 0 Å². The van der Waals surface area contributed by atoms with E-state index in [9.17, 15) is 9.60 Å². The van der Waals surface area contributed by atoms with E-state index in [1.165, 1.54) is 0 Å². The fraction of sp³-hybridized carbons (Fsp3) is 0. The topological polar surface area (TPSA) is 38.7 Å². The summed E-state index contributed by atoms with van der Waals surface area (Å²) in [7, 11) is 0. The Morgan fingerprint density at radius 2 is 0.783 bits per heavy atom. The van der Waals surface area contributed by atoms with Crippen LogP contribution in [0, 0.1) is 0 Å². The molecule has 0 fully saturated rings. The van der Waals surface area contributed by atoms with E-state index in [-0.39, 0.29) is 16.5 Å². The summed E-state index contributed by atoms with van der Waals surface area (Å²) >= 11 is 0. The molecule has 8 aromatic rings. The van der Waals surface area contributed by atoms with Crippen molar-refractivity contribution < 1.29 is 35.6 Å². The molecule has 1 aliphatic carbocycles. The number of hydrogen-bond donors (Lipinski definition) is 0. The Bertz CT molecular complexity index is 3680. The molecule has 1 heterocycles. The zero-order valence-electron chi connectivity index (χ0n) is 48.9. The third-order valence-electron chi connectivity index (χ3n) is 7.08. The van der Waals surface area contributed by atoms with Gasteiger partial charge in [0.1, 0.15) is 0 Å². The minimum Gasteiger partial charge on any atom is -0.208 e. The molecule has 0 saturated carbocycles. The molecule has 3 nitrogen and oxygen atoms in total. The maximum absolute atomic E-state index is 9.72. The van der Waals surface area contributed by atoms with Crippen LogP contribution in [0.25, 0.3) is 89.4 Å². The van der Waals surface area contributed by atoms with Crippen molar-refractivity contribution in [2.75, 3.05) is 0 Å². The first-order valence-corrected chi connectivity index (χ1v) is 13.4. The highest BCUT2D eigenvalue weighted by Gasteiger charge is 2.29. The fourth-order valence-corrected chi connectivity index (χ4v) is 5.16. The summed E-state index contributed by atoms with van der Waals surface area (Å²) in [6.45, 7) is 0. The Balaban J connectivity index is 1.51. The second-order valence-corrected chi connectivity index (χ2v) is 9.63. The molecule has 0 spiro atoms. The van der Waals surface area contributed by atoms with Gasteiger partial charge in [0.15, 0.2) is 17.5 Å². The van der Waals surface area contributed by atoms with Gasteiger partial charge in [-0.2, -0.15) is 0 Å². The van der Waals surface area contributed by atoms with Crippen LogP contribution in [-0.4, -0.2) is 15.0 Å². The zero-order chi connectivity index (χ0) is 53.1. The second kappa shape index (κ2) is 10.8. The molecule has 0 unspecified atom stereocenters. The fourth-order valence-electron chi connectivity index (χ4n) is 5.16. The van der Waals surface area contributed by atoms with E-state index >= 15 is 0 Å². The van der Waals surface area contributed by atoms with Gasteiger partial charge in [0.05, 0.1) is 35.6 Å². The van der Waals surface area contributed by atoms with E-state index in [2.05, 4.69) is 15.0 Å². The normalized spacial score (nSPS) is 19.4. The third-order valence-corrected chi connectivity index (χ3v) is 7.08. The van der Waals surface area contributed by atoms with Gasteiger partial charge in [-0.05, 0) is 55.8 Å². The van der Waals surface area contributed by atoms with Crippen molar-refractivity contribution >= 4 is 10.8 Å². The van der Waals surface area contributed by atoms with Crippen molar-refractivity contribution in [3.8, 4) is 78.7 Å². The van der Waals surface area contributed by atoms with E-state index in [4.69, 9.17) is 26.0 Å². The molecule has 0 atom stereocenters. The number of hydrogen-bond acceptors (Lipinski definition) is 3. The van der Waals surface area contributed by atoms with Crippen molar-refractivity contribution in [2.24, 2.45) is 0 Å². The highest BCUT2D eigenvalue weighted by atomic mass is 15.0. The number of aromatic nitrogens is 3. The molecular formula is C43H27N3. The van der Waals surface area contributed by atoms with Crippen molar-refractivity contribution in [2.45, 2.75) is 0 Å². The Hall–Kier alpha value is -6.19. The van der Waals surface area contributed by atoms with E-state index in [0.29, 0.717) is 0 Å². The van der Waals surface area contributed by atoms with Crippen molar-refractivity contribution in [1.29, 1.82) is 0 Å². The zero-order valence-corrected chi connectivity index (χ0v) is 22.9.